The van der Waals surface area contributed by atoms with Crippen LogP contribution in [-0.2, 0) is 6.42 Å². The van der Waals surface area contributed by atoms with Crippen LogP contribution in [0.5, 0.6) is 5.06 Å². The molecule has 1 fully saturated rings. The summed E-state index contributed by atoms with van der Waals surface area (Å²) in [6.07, 6.45) is 8.26. The summed E-state index contributed by atoms with van der Waals surface area (Å²) in [6, 6.07) is 3.59. The minimum absolute atomic E-state index is 0.0190. The van der Waals surface area contributed by atoms with E-state index in [2.05, 4.69) is 23.8 Å². The Bertz CT molecular complexity index is 557. The molecule has 0 saturated heterocycles. The minimum Gasteiger partial charge on any atom is -0.449 e. The molecule has 0 amide bonds. The van der Waals surface area contributed by atoms with Gasteiger partial charge in [0.15, 0.2) is 5.06 Å². The molecule has 0 spiro atoms. The van der Waals surface area contributed by atoms with Crippen molar-refractivity contribution in [3.63, 3.8) is 0 Å². The first kappa shape index (κ1) is 19.3. The number of aliphatic hydroxyl groups excluding tert-OH is 1. The lowest BCUT2D eigenvalue weighted by Gasteiger charge is -2.20. The van der Waals surface area contributed by atoms with Gasteiger partial charge in [-0.05, 0) is 50.2 Å². The van der Waals surface area contributed by atoms with Crippen LogP contribution in [0.4, 0.5) is 4.79 Å². The van der Waals surface area contributed by atoms with Crippen molar-refractivity contribution in [1.82, 2.24) is 0 Å². The maximum absolute atomic E-state index is 10.5. The van der Waals surface area contributed by atoms with Crippen LogP contribution in [0, 0.1) is 11.8 Å². The summed E-state index contributed by atoms with van der Waals surface area (Å²) in [6.45, 7) is 2.14. The van der Waals surface area contributed by atoms with Gasteiger partial charge >= 0.3 is 6.16 Å². The van der Waals surface area contributed by atoms with E-state index in [4.69, 9.17) is 16.7 Å². The fourth-order valence-electron chi connectivity index (χ4n) is 3.30. The topological polar surface area (TPSA) is 66.8 Å². The predicted octanol–water partition coefficient (Wildman–Crippen LogP) is 5.09. The normalized spacial score (nSPS) is 27.0. The van der Waals surface area contributed by atoms with Crippen LogP contribution in [0.2, 0.25) is 0 Å². The van der Waals surface area contributed by atoms with Crippen molar-refractivity contribution in [2.24, 2.45) is 11.8 Å². The Hall–Kier alpha value is -1.04. The Kier molecular flexibility index (Phi) is 7.59. The summed E-state index contributed by atoms with van der Waals surface area (Å²) < 4.78 is 4.65. The summed E-state index contributed by atoms with van der Waals surface area (Å²) in [5.74, 6) is 0.442. The number of carboxylic acid groups (broad SMARTS) is 1. The van der Waals surface area contributed by atoms with E-state index in [1.54, 1.807) is 6.07 Å². The van der Waals surface area contributed by atoms with Gasteiger partial charge in [-0.2, -0.15) is 0 Å². The molecule has 1 aromatic rings. The predicted molar refractivity (Wildman–Crippen MR) is 97.2 cm³/mol. The summed E-state index contributed by atoms with van der Waals surface area (Å²) in [5, 5.41) is 19.3. The molecule has 1 saturated carbocycles. The van der Waals surface area contributed by atoms with Gasteiger partial charge in [-0.1, -0.05) is 25.5 Å². The zero-order valence-electron chi connectivity index (χ0n) is 13.9. The molecular formula is C18H25ClO4S. The first-order chi connectivity index (χ1) is 11.5. The average molecular weight is 373 g/mol. The molecule has 1 aliphatic carbocycles. The molecule has 0 radical (unpaired) electrons. The number of aryl methyl sites for hydroxylation is 1. The van der Waals surface area contributed by atoms with Gasteiger partial charge < -0.3 is 14.9 Å². The lowest BCUT2D eigenvalue weighted by atomic mass is 9.89. The molecule has 134 valence electrons. The zero-order chi connectivity index (χ0) is 17.5. The number of rotatable bonds is 8. The number of alkyl halides is 1. The smallest absolute Gasteiger partial charge is 0.449 e. The van der Waals surface area contributed by atoms with Crippen LogP contribution in [0.3, 0.4) is 0 Å². The molecule has 4 nitrogen and oxygen atoms in total. The van der Waals surface area contributed by atoms with Gasteiger partial charge in [-0.15, -0.1) is 22.9 Å². The van der Waals surface area contributed by atoms with Crippen molar-refractivity contribution in [2.45, 2.75) is 56.9 Å². The molecule has 0 aromatic carbocycles. The molecule has 0 bridgehead atoms. The van der Waals surface area contributed by atoms with E-state index in [1.807, 2.05) is 6.07 Å². The molecule has 2 N–H and O–H groups in total. The summed E-state index contributed by atoms with van der Waals surface area (Å²) in [7, 11) is 0. The van der Waals surface area contributed by atoms with Crippen molar-refractivity contribution >= 4 is 29.1 Å². The van der Waals surface area contributed by atoms with Gasteiger partial charge in [0, 0.05) is 16.2 Å². The number of ether oxygens (including phenoxy) is 1. The molecule has 1 heterocycles. The van der Waals surface area contributed by atoms with Crippen LogP contribution < -0.4 is 4.74 Å². The Balaban J connectivity index is 1.85. The Morgan fingerprint density at radius 3 is 3.00 bits per heavy atom. The van der Waals surface area contributed by atoms with E-state index in [0.29, 0.717) is 17.4 Å². The van der Waals surface area contributed by atoms with Gasteiger partial charge in [-0.25, -0.2) is 4.79 Å². The second-order valence-corrected chi connectivity index (χ2v) is 7.95. The lowest BCUT2D eigenvalue weighted by molar-refractivity contribution is 0.139. The maximum Gasteiger partial charge on any atom is 0.512 e. The number of aliphatic hydroxyl groups is 1. The SMILES string of the molecule is CCCC=C[C@@H]1[C@@H](CCCc2ccc(OC(=O)O)s2)[C@H](Cl)C[C@H]1O. The van der Waals surface area contributed by atoms with E-state index in [0.717, 1.165) is 37.0 Å². The van der Waals surface area contributed by atoms with Crippen LogP contribution in [-0.4, -0.2) is 27.8 Å². The molecule has 2 rings (SSSR count). The molecule has 1 aromatic heterocycles. The third kappa shape index (κ3) is 5.50. The van der Waals surface area contributed by atoms with Gasteiger partial charge in [-0.3, -0.25) is 0 Å². The standard InChI is InChI=1S/C18H25ClO4S/c1-2-3-4-7-14-13(15(19)11-16(14)20)8-5-6-12-9-10-17(24-12)23-18(21)22/h4,7,9-10,13-16,20H,2-3,5-6,8,11H2,1H3,(H,21,22)/t13-,14-,15-,16-/m1/s1. The van der Waals surface area contributed by atoms with Crippen molar-refractivity contribution in [3.8, 4) is 5.06 Å². The zero-order valence-corrected chi connectivity index (χ0v) is 15.4. The minimum atomic E-state index is -1.28. The van der Waals surface area contributed by atoms with Gasteiger partial charge in [0.25, 0.3) is 0 Å². The van der Waals surface area contributed by atoms with E-state index in [9.17, 15) is 9.90 Å². The Labute approximate surface area is 152 Å². The van der Waals surface area contributed by atoms with Crippen LogP contribution in [0.15, 0.2) is 24.3 Å². The van der Waals surface area contributed by atoms with Crippen molar-refractivity contribution in [3.05, 3.63) is 29.2 Å². The van der Waals surface area contributed by atoms with E-state index in [1.165, 1.54) is 11.3 Å². The second-order valence-electron chi connectivity index (χ2n) is 6.26. The summed E-state index contributed by atoms with van der Waals surface area (Å²) in [5.41, 5.74) is 0. The number of halogens is 1. The number of carbonyl (C=O) groups is 1. The van der Waals surface area contributed by atoms with Crippen LogP contribution in [0.25, 0.3) is 0 Å². The number of unbranched alkanes of at least 4 members (excludes halogenated alkanes) is 1. The second kappa shape index (κ2) is 9.44. The highest BCUT2D eigenvalue weighted by Gasteiger charge is 2.39. The number of allylic oxidation sites excluding steroid dienone is 1. The molecule has 0 aliphatic heterocycles. The molecule has 1 aliphatic rings. The first-order valence-electron chi connectivity index (χ1n) is 8.49. The molecule has 6 heteroatoms. The fourth-order valence-corrected chi connectivity index (χ4v) is 4.67. The third-order valence-electron chi connectivity index (χ3n) is 4.47. The van der Waals surface area contributed by atoms with E-state index in [-0.39, 0.29) is 17.4 Å². The quantitative estimate of drug-likeness (QED) is 0.379. The van der Waals surface area contributed by atoms with Gasteiger partial charge in [0.05, 0.1) is 6.10 Å². The molecule has 4 atom stereocenters. The highest BCUT2D eigenvalue weighted by atomic mass is 35.5. The molecule has 24 heavy (non-hydrogen) atoms. The van der Waals surface area contributed by atoms with Gasteiger partial charge in [0.2, 0.25) is 0 Å². The highest BCUT2D eigenvalue weighted by molar-refractivity contribution is 7.13. The maximum atomic E-state index is 10.5. The Morgan fingerprint density at radius 2 is 2.29 bits per heavy atom. The third-order valence-corrected chi connectivity index (χ3v) is 5.99. The van der Waals surface area contributed by atoms with E-state index >= 15 is 0 Å². The van der Waals surface area contributed by atoms with Crippen LogP contribution >= 0.6 is 22.9 Å². The highest BCUT2D eigenvalue weighted by Crippen LogP contribution is 2.40. The number of thiophene rings is 1. The summed E-state index contributed by atoms with van der Waals surface area (Å²) in [4.78, 5) is 11.6. The first-order valence-corrected chi connectivity index (χ1v) is 9.74. The summed E-state index contributed by atoms with van der Waals surface area (Å²) >= 11 is 7.81. The molecular weight excluding hydrogens is 348 g/mol. The fraction of sp³-hybridized carbons (Fsp3) is 0.611. The average Bonchev–Trinajstić information content (AvgIpc) is 3.05. The lowest BCUT2D eigenvalue weighted by Crippen LogP contribution is -2.18. The van der Waals surface area contributed by atoms with Crippen molar-refractivity contribution in [1.29, 1.82) is 0 Å². The molecule has 0 unspecified atom stereocenters. The largest absolute Gasteiger partial charge is 0.512 e. The van der Waals surface area contributed by atoms with Crippen molar-refractivity contribution < 1.29 is 19.7 Å². The monoisotopic (exact) mass is 372 g/mol. The van der Waals surface area contributed by atoms with Gasteiger partial charge in [0.1, 0.15) is 0 Å². The number of hydrogen-bond donors (Lipinski definition) is 2. The van der Waals surface area contributed by atoms with Crippen molar-refractivity contribution in [2.75, 3.05) is 0 Å². The van der Waals surface area contributed by atoms with E-state index < -0.39 is 6.16 Å². The van der Waals surface area contributed by atoms with Crippen LogP contribution in [0.1, 0.15) is 43.9 Å². The Morgan fingerprint density at radius 1 is 1.50 bits per heavy atom. The number of hydrogen-bond acceptors (Lipinski definition) is 4.